The lowest BCUT2D eigenvalue weighted by Crippen LogP contribution is -2.52. The molecule has 2 aromatic rings. The predicted molar refractivity (Wildman–Crippen MR) is 96.5 cm³/mol. The largest absolute Gasteiger partial charge is 0.471 e. The van der Waals surface area contributed by atoms with Crippen molar-refractivity contribution in [1.29, 1.82) is 0 Å². The molecular weight excluding hydrogens is 357 g/mol. The number of alkyl halides is 3. The van der Waals surface area contributed by atoms with Gasteiger partial charge in [-0.2, -0.15) is 13.2 Å². The Kier molecular flexibility index (Phi) is 5.08. The van der Waals surface area contributed by atoms with E-state index in [1.807, 2.05) is 30.9 Å². The molecule has 0 aliphatic carbocycles. The van der Waals surface area contributed by atoms with Crippen molar-refractivity contribution in [1.82, 2.24) is 15.1 Å². The normalized spacial score (nSPS) is 15.2. The molecule has 27 heavy (non-hydrogen) atoms. The Hall–Kier alpha value is -2.64. The van der Waals surface area contributed by atoms with E-state index in [4.69, 9.17) is 0 Å². The second-order valence-electron chi connectivity index (χ2n) is 6.81. The number of rotatable bonds is 2. The second kappa shape index (κ2) is 7.17. The average molecular weight is 378 g/mol. The number of carbonyl (C=O) groups is 1. The van der Waals surface area contributed by atoms with E-state index in [1.165, 1.54) is 11.1 Å². The Morgan fingerprint density at radius 1 is 0.926 bits per heavy atom. The van der Waals surface area contributed by atoms with Gasteiger partial charge < -0.3 is 9.80 Å². The number of carbonyl (C=O) groups excluding carboxylic acids is 1. The Bertz CT molecular complexity index is 841. The first kappa shape index (κ1) is 19.1. The average Bonchev–Trinajstić information content (AvgIpc) is 2.64. The molecule has 2 heterocycles. The SMILES string of the molecule is Cc1cc(C)c(-c2ccc(N3CCN(C(=O)C(F)(F)F)CC3)nn2)cc1C. The van der Waals surface area contributed by atoms with Gasteiger partial charge in [0.1, 0.15) is 0 Å². The highest BCUT2D eigenvalue weighted by Crippen LogP contribution is 2.26. The van der Waals surface area contributed by atoms with Crippen molar-refractivity contribution in [2.24, 2.45) is 0 Å². The summed E-state index contributed by atoms with van der Waals surface area (Å²) < 4.78 is 37.6. The van der Waals surface area contributed by atoms with Gasteiger partial charge in [-0.25, -0.2) is 0 Å². The highest BCUT2D eigenvalue weighted by atomic mass is 19.4. The number of halogens is 3. The van der Waals surface area contributed by atoms with Gasteiger partial charge in [-0.3, -0.25) is 4.79 Å². The summed E-state index contributed by atoms with van der Waals surface area (Å²) in [6.45, 7) is 6.73. The molecule has 1 aromatic heterocycles. The van der Waals surface area contributed by atoms with Crippen LogP contribution in [0, 0.1) is 20.8 Å². The van der Waals surface area contributed by atoms with Crippen molar-refractivity contribution in [2.45, 2.75) is 26.9 Å². The molecule has 144 valence electrons. The van der Waals surface area contributed by atoms with E-state index < -0.39 is 12.1 Å². The number of piperazine rings is 1. The van der Waals surface area contributed by atoms with Crippen LogP contribution < -0.4 is 4.90 Å². The fourth-order valence-corrected chi connectivity index (χ4v) is 3.19. The Morgan fingerprint density at radius 2 is 1.56 bits per heavy atom. The molecule has 1 aromatic carbocycles. The second-order valence-corrected chi connectivity index (χ2v) is 6.81. The van der Waals surface area contributed by atoms with Crippen LogP contribution in [0.25, 0.3) is 11.3 Å². The third-order valence-electron chi connectivity index (χ3n) is 4.90. The zero-order chi connectivity index (χ0) is 19.8. The fourth-order valence-electron chi connectivity index (χ4n) is 3.19. The number of anilines is 1. The summed E-state index contributed by atoms with van der Waals surface area (Å²) in [6, 6.07) is 7.87. The highest BCUT2D eigenvalue weighted by Gasteiger charge is 2.43. The van der Waals surface area contributed by atoms with Gasteiger partial charge in [0, 0.05) is 31.7 Å². The summed E-state index contributed by atoms with van der Waals surface area (Å²) in [4.78, 5) is 14.0. The quantitative estimate of drug-likeness (QED) is 0.805. The van der Waals surface area contributed by atoms with Gasteiger partial charge in [0.25, 0.3) is 0 Å². The Labute approximate surface area is 155 Å². The van der Waals surface area contributed by atoms with E-state index >= 15 is 0 Å². The molecule has 1 amide bonds. The smallest absolute Gasteiger partial charge is 0.352 e. The molecule has 1 saturated heterocycles. The van der Waals surface area contributed by atoms with Crippen molar-refractivity contribution in [3.05, 3.63) is 41.0 Å². The van der Waals surface area contributed by atoms with Gasteiger partial charge in [0.05, 0.1) is 5.69 Å². The maximum Gasteiger partial charge on any atom is 0.471 e. The first-order chi connectivity index (χ1) is 12.7. The standard InChI is InChI=1S/C19H21F3N4O/c1-12-10-14(3)15(11-13(12)2)16-4-5-17(24-23-16)25-6-8-26(9-7-25)18(27)19(20,21)22/h4-5,10-11H,6-9H2,1-3H3. The lowest BCUT2D eigenvalue weighted by molar-refractivity contribution is -0.185. The van der Waals surface area contributed by atoms with Crippen LogP contribution in [0.5, 0.6) is 0 Å². The van der Waals surface area contributed by atoms with Crippen LogP contribution in [0.3, 0.4) is 0 Å². The van der Waals surface area contributed by atoms with Crippen molar-refractivity contribution in [2.75, 3.05) is 31.1 Å². The number of benzene rings is 1. The van der Waals surface area contributed by atoms with E-state index in [0.29, 0.717) is 18.9 Å². The molecule has 0 unspecified atom stereocenters. The third-order valence-corrected chi connectivity index (χ3v) is 4.90. The van der Waals surface area contributed by atoms with Crippen molar-refractivity contribution in [3.63, 3.8) is 0 Å². The summed E-state index contributed by atoms with van der Waals surface area (Å²) in [5, 5.41) is 8.54. The van der Waals surface area contributed by atoms with Crippen molar-refractivity contribution in [3.8, 4) is 11.3 Å². The van der Waals surface area contributed by atoms with Gasteiger partial charge in [-0.15, -0.1) is 10.2 Å². The molecule has 0 atom stereocenters. The fraction of sp³-hybridized carbons (Fsp3) is 0.421. The van der Waals surface area contributed by atoms with Gasteiger partial charge in [-0.05, 0) is 55.7 Å². The maximum atomic E-state index is 12.5. The summed E-state index contributed by atoms with van der Waals surface area (Å²) in [6.07, 6.45) is -4.83. The number of hydrogen-bond donors (Lipinski definition) is 0. The van der Waals surface area contributed by atoms with Gasteiger partial charge in [-0.1, -0.05) is 6.07 Å². The molecule has 5 nitrogen and oxygen atoms in total. The highest BCUT2D eigenvalue weighted by molar-refractivity contribution is 5.82. The van der Waals surface area contributed by atoms with Crippen LogP contribution in [-0.2, 0) is 4.79 Å². The molecule has 0 radical (unpaired) electrons. The van der Waals surface area contributed by atoms with Crippen LogP contribution in [0.1, 0.15) is 16.7 Å². The van der Waals surface area contributed by atoms with Gasteiger partial charge in [0.2, 0.25) is 0 Å². The molecule has 0 saturated carbocycles. The minimum Gasteiger partial charge on any atom is -0.352 e. The number of aryl methyl sites for hydroxylation is 3. The molecular formula is C19H21F3N4O. The predicted octanol–water partition coefficient (Wildman–Crippen LogP) is 3.28. The first-order valence-electron chi connectivity index (χ1n) is 8.70. The lowest BCUT2D eigenvalue weighted by atomic mass is 9.99. The summed E-state index contributed by atoms with van der Waals surface area (Å²) in [5.74, 6) is -1.19. The molecule has 1 aliphatic heterocycles. The van der Waals surface area contributed by atoms with E-state index in [0.717, 1.165) is 21.7 Å². The summed E-state index contributed by atoms with van der Waals surface area (Å²) in [7, 11) is 0. The third kappa shape index (κ3) is 4.04. The molecule has 0 bridgehead atoms. The number of amides is 1. The van der Waals surface area contributed by atoms with Crippen LogP contribution in [-0.4, -0.2) is 53.4 Å². The monoisotopic (exact) mass is 378 g/mol. The number of nitrogens with zero attached hydrogens (tertiary/aromatic N) is 4. The van der Waals surface area contributed by atoms with Crippen molar-refractivity contribution >= 4 is 11.7 Å². The topological polar surface area (TPSA) is 49.3 Å². The van der Waals surface area contributed by atoms with Gasteiger partial charge in [0.15, 0.2) is 5.82 Å². The number of hydrogen-bond acceptors (Lipinski definition) is 4. The Morgan fingerprint density at radius 3 is 2.11 bits per heavy atom. The molecule has 8 heteroatoms. The summed E-state index contributed by atoms with van der Waals surface area (Å²) >= 11 is 0. The van der Waals surface area contributed by atoms with E-state index in [-0.39, 0.29) is 13.1 Å². The van der Waals surface area contributed by atoms with E-state index in [1.54, 1.807) is 0 Å². The zero-order valence-electron chi connectivity index (χ0n) is 15.5. The molecule has 1 aliphatic rings. The van der Waals surface area contributed by atoms with Crippen LogP contribution in [0.2, 0.25) is 0 Å². The van der Waals surface area contributed by atoms with E-state index in [2.05, 4.69) is 29.3 Å². The maximum absolute atomic E-state index is 12.5. The first-order valence-corrected chi connectivity index (χ1v) is 8.70. The molecule has 0 spiro atoms. The van der Waals surface area contributed by atoms with Crippen LogP contribution in [0.15, 0.2) is 24.3 Å². The minimum atomic E-state index is -4.83. The molecule has 3 rings (SSSR count). The van der Waals surface area contributed by atoms with E-state index in [9.17, 15) is 18.0 Å². The summed E-state index contributed by atoms with van der Waals surface area (Å²) in [5.41, 5.74) is 5.27. The Balaban J connectivity index is 1.70. The molecule has 1 fully saturated rings. The van der Waals surface area contributed by atoms with Crippen LogP contribution in [0.4, 0.5) is 19.0 Å². The lowest BCUT2D eigenvalue weighted by Gasteiger charge is -2.35. The molecule has 0 N–H and O–H groups in total. The van der Waals surface area contributed by atoms with Crippen LogP contribution >= 0.6 is 0 Å². The van der Waals surface area contributed by atoms with Gasteiger partial charge >= 0.3 is 12.1 Å². The minimum absolute atomic E-state index is 0.0119. The zero-order valence-corrected chi connectivity index (χ0v) is 15.5. The van der Waals surface area contributed by atoms with Crippen molar-refractivity contribution < 1.29 is 18.0 Å². The number of aromatic nitrogens is 2.